The first-order valence-corrected chi connectivity index (χ1v) is 6.99. The van der Waals surface area contributed by atoms with Gasteiger partial charge in [0.05, 0.1) is 11.6 Å². The van der Waals surface area contributed by atoms with Gasteiger partial charge in [0, 0.05) is 11.2 Å². The molecule has 0 saturated carbocycles. The summed E-state index contributed by atoms with van der Waals surface area (Å²) in [5, 5.41) is 0.909. The Morgan fingerprint density at radius 1 is 1.41 bits per heavy atom. The van der Waals surface area contributed by atoms with Gasteiger partial charge in [0.2, 0.25) is 0 Å². The molecule has 0 amide bonds. The molecule has 1 nitrogen and oxygen atoms in total. The van der Waals surface area contributed by atoms with E-state index in [1.54, 1.807) is 12.1 Å². The fourth-order valence-corrected chi connectivity index (χ4v) is 2.64. The van der Waals surface area contributed by atoms with Gasteiger partial charge in [-0.25, -0.2) is 4.39 Å². The summed E-state index contributed by atoms with van der Waals surface area (Å²) in [6, 6.07) is 4.78. The fraction of sp³-hybridized carbons (Fsp3) is 0.538. The van der Waals surface area contributed by atoms with E-state index in [1.807, 2.05) is 0 Å². The Hall–Kier alpha value is -0.280. The highest BCUT2D eigenvalue weighted by Crippen LogP contribution is 2.30. The summed E-state index contributed by atoms with van der Waals surface area (Å²) in [4.78, 5) is 0. The maximum absolute atomic E-state index is 13.6. The zero-order valence-electron chi connectivity index (χ0n) is 10.3. The molecular weight excluding hydrogens is 306 g/mol. The van der Waals surface area contributed by atoms with Crippen molar-refractivity contribution in [3.63, 3.8) is 0 Å². The molecule has 0 aliphatic heterocycles. The van der Waals surface area contributed by atoms with Gasteiger partial charge in [0.15, 0.2) is 11.6 Å². The van der Waals surface area contributed by atoms with Crippen LogP contribution in [0.4, 0.5) is 4.39 Å². The molecule has 1 aromatic carbocycles. The van der Waals surface area contributed by atoms with Crippen molar-refractivity contribution in [1.82, 2.24) is 0 Å². The molecule has 0 bridgehead atoms. The van der Waals surface area contributed by atoms with E-state index in [9.17, 15) is 4.39 Å². The van der Waals surface area contributed by atoms with Crippen LogP contribution in [0.15, 0.2) is 18.2 Å². The predicted octanol–water partition coefficient (Wildman–Crippen LogP) is 4.92. The average Bonchev–Trinajstić information content (AvgIpc) is 2.23. The van der Waals surface area contributed by atoms with E-state index in [1.165, 1.54) is 6.07 Å². The normalized spacial score (nSPS) is 13.5. The van der Waals surface area contributed by atoms with Crippen LogP contribution in [0.25, 0.3) is 0 Å². The Bertz CT molecular complexity index is 376. The van der Waals surface area contributed by atoms with Gasteiger partial charge in [0.1, 0.15) is 0 Å². The van der Waals surface area contributed by atoms with Crippen LogP contribution in [0.1, 0.15) is 20.8 Å². The number of benzene rings is 1. The third-order valence-electron chi connectivity index (χ3n) is 2.77. The SMILES string of the molecule is CC(C)(C)C(CBr)COc1cccc(Cl)c1F. The topological polar surface area (TPSA) is 9.23 Å². The lowest BCUT2D eigenvalue weighted by Crippen LogP contribution is -2.28. The van der Waals surface area contributed by atoms with Gasteiger partial charge in [-0.15, -0.1) is 0 Å². The number of halogens is 3. The van der Waals surface area contributed by atoms with Gasteiger partial charge in [0.25, 0.3) is 0 Å². The van der Waals surface area contributed by atoms with Crippen molar-refractivity contribution in [3.8, 4) is 5.75 Å². The molecule has 1 aromatic rings. The standard InChI is InChI=1S/C13H17BrClFO/c1-13(2,3)9(7-14)8-17-11-6-4-5-10(15)12(11)16/h4-6,9H,7-8H2,1-3H3. The van der Waals surface area contributed by atoms with E-state index in [2.05, 4.69) is 36.7 Å². The first-order chi connectivity index (χ1) is 7.86. The monoisotopic (exact) mass is 322 g/mol. The second-order valence-corrected chi connectivity index (χ2v) is 6.13. The van der Waals surface area contributed by atoms with Crippen LogP contribution in [0.3, 0.4) is 0 Å². The smallest absolute Gasteiger partial charge is 0.183 e. The quantitative estimate of drug-likeness (QED) is 0.715. The Morgan fingerprint density at radius 2 is 2.06 bits per heavy atom. The summed E-state index contributed by atoms with van der Waals surface area (Å²) < 4.78 is 19.1. The highest BCUT2D eigenvalue weighted by molar-refractivity contribution is 9.09. The zero-order chi connectivity index (χ0) is 13.1. The first kappa shape index (κ1) is 14.8. The van der Waals surface area contributed by atoms with Crippen LogP contribution in [0.5, 0.6) is 5.75 Å². The molecule has 96 valence electrons. The average molecular weight is 324 g/mol. The van der Waals surface area contributed by atoms with Crippen LogP contribution in [-0.2, 0) is 0 Å². The van der Waals surface area contributed by atoms with Crippen LogP contribution >= 0.6 is 27.5 Å². The second kappa shape index (κ2) is 6.05. The third kappa shape index (κ3) is 4.14. The molecule has 0 N–H and O–H groups in total. The maximum Gasteiger partial charge on any atom is 0.183 e. The van der Waals surface area contributed by atoms with E-state index in [-0.39, 0.29) is 16.2 Å². The lowest BCUT2D eigenvalue weighted by molar-refractivity contribution is 0.162. The number of rotatable bonds is 4. The van der Waals surface area contributed by atoms with Crippen LogP contribution in [0, 0.1) is 17.2 Å². The molecule has 1 atom stereocenters. The molecule has 0 aliphatic carbocycles. The number of hydrogen-bond acceptors (Lipinski definition) is 1. The minimum atomic E-state index is -0.489. The van der Waals surface area contributed by atoms with Gasteiger partial charge in [-0.2, -0.15) is 0 Å². The van der Waals surface area contributed by atoms with Crippen LogP contribution < -0.4 is 4.74 Å². The molecule has 1 unspecified atom stereocenters. The Labute approximate surface area is 115 Å². The number of hydrogen-bond donors (Lipinski definition) is 0. The number of ether oxygens (including phenoxy) is 1. The molecule has 0 saturated heterocycles. The summed E-state index contributed by atoms with van der Waals surface area (Å²) in [5.74, 6) is 0.0324. The third-order valence-corrected chi connectivity index (χ3v) is 3.84. The summed E-state index contributed by atoms with van der Waals surface area (Å²) in [6.45, 7) is 6.87. The molecule has 0 spiro atoms. The summed E-state index contributed by atoms with van der Waals surface area (Å²) in [7, 11) is 0. The van der Waals surface area contributed by atoms with E-state index in [0.29, 0.717) is 12.5 Å². The van der Waals surface area contributed by atoms with Gasteiger partial charge in [-0.05, 0) is 17.5 Å². The lowest BCUT2D eigenvalue weighted by Gasteiger charge is -2.29. The molecule has 17 heavy (non-hydrogen) atoms. The van der Waals surface area contributed by atoms with Gasteiger partial charge < -0.3 is 4.74 Å². The lowest BCUT2D eigenvalue weighted by atomic mass is 9.83. The Balaban J connectivity index is 2.70. The van der Waals surface area contributed by atoms with Crippen LogP contribution in [0.2, 0.25) is 5.02 Å². The van der Waals surface area contributed by atoms with Crippen molar-refractivity contribution in [2.24, 2.45) is 11.3 Å². The highest BCUT2D eigenvalue weighted by Gasteiger charge is 2.24. The van der Waals surface area contributed by atoms with Gasteiger partial charge >= 0.3 is 0 Å². The fourth-order valence-electron chi connectivity index (χ4n) is 1.31. The minimum Gasteiger partial charge on any atom is -0.490 e. The van der Waals surface area contributed by atoms with Crippen molar-refractivity contribution in [2.75, 3.05) is 11.9 Å². The second-order valence-electron chi connectivity index (χ2n) is 5.08. The molecule has 4 heteroatoms. The maximum atomic E-state index is 13.6. The molecule has 1 rings (SSSR count). The van der Waals surface area contributed by atoms with E-state index >= 15 is 0 Å². The zero-order valence-corrected chi connectivity index (χ0v) is 12.6. The van der Waals surface area contributed by atoms with Crippen LogP contribution in [-0.4, -0.2) is 11.9 Å². The van der Waals surface area contributed by atoms with Gasteiger partial charge in [-0.3, -0.25) is 0 Å². The van der Waals surface area contributed by atoms with Crippen molar-refractivity contribution in [1.29, 1.82) is 0 Å². The van der Waals surface area contributed by atoms with Crippen molar-refractivity contribution >= 4 is 27.5 Å². The van der Waals surface area contributed by atoms with E-state index in [0.717, 1.165) is 5.33 Å². The Kier molecular flexibility index (Phi) is 5.26. The Morgan fingerprint density at radius 3 is 2.59 bits per heavy atom. The van der Waals surface area contributed by atoms with Crippen molar-refractivity contribution in [2.45, 2.75) is 20.8 Å². The number of alkyl halides is 1. The van der Waals surface area contributed by atoms with Crippen molar-refractivity contribution < 1.29 is 9.13 Å². The molecule has 0 radical (unpaired) electrons. The first-order valence-electron chi connectivity index (χ1n) is 5.49. The minimum absolute atomic E-state index is 0.0913. The van der Waals surface area contributed by atoms with E-state index in [4.69, 9.17) is 16.3 Å². The van der Waals surface area contributed by atoms with Crippen molar-refractivity contribution in [3.05, 3.63) is 29.0 Å². The summed E-state index contributed by atoms with van der Waals surface area (Å²) in [5.41, 5.74) is 0.110. The molecule has 0 aliphatic rings. The molecule has 0 heterocycles. The predicted molar refractivity (Wildman–Crippen MR) is 73.6 cm³/mol. The highest BCUT2D eigenvalue weighted by atomic mass is 79.9. The van der Waals surface area contributed by atoms with E-state index < -0.39 is 5.82 Å². The molecule has 0 fully saturated rings. The largest absolute Gasteiger partial charge is 0.490 e. The summed E-state index contributed by atoms with van der Waals surface area (Å²) in [6.07, 6.45) is 0. The van der Waals surface area contributed by atoms with Gasteiger partial charge in [-0.1, -0.05) is 54.4 Å². The molecular formula is C13H17BrClFO. The summed E-state index contributed by atoms with van der Waals surface area (Å²) >= 11 is 9.15. The molecule has 0 aromatic heterocycles.